The number of rotatable bonds is 7. The number of hydrogen-bond acceptors (Lipinski definition) is 5. The largest absolute Gasteiger partial charge is 0.480 e. The van der Waals surface area contributed by atoms with Gasteiger partial charge in [-0.05, 0) is 20.8 Å². The number of aromatic nitrogens is 1. The van der Waals surface area contributed by atoms with E-state index < -0.39 is 12.0 Å². The molecule has 7 nitrogen and oxygen atoms in total. The van der Waals surface area contributed by atoms with Gasteiger partial charge in [0.1, 0.15) is 6.54 Å². The lowest BCUT2D eigenvalue weighted by atomic mass is 10.2. The minimum atomic E-state index is -1.06. The highest BCUT2D eigenvalue weighted by Crippen LogP contribution is 2.24. The normalized spacial score (nSPS) is 12.0. The molecule has 0 aliphatic heterocycles. The zero-order chi connectivity index (χ0) is 16.0. The van der Waals surface area contributed by atoms with Crippen LogP contribution in [0.1, 0.15) is 28.5 Å². The molecular weight excluding hydrogens is 294 g/mol. The zero-order valence-corrected chi connectivity index (χ0v) is 13.5. The van der Waals surface area contributed by atoms with E-state index in [1.807, 2.05) is 20.8 Å². The highest BCUT2D eigenvalue weighted by atomic mass is 32.1. The molecule has 0 fully saturated rings. The molecule has 2 amide bonds. The first-order valence-corrected chi connectivity index (χ1v) is 7.37. The number of carboxylic acids is 1. The van der Waals surface area contributed by atoms with E-state index in [1.165, 1.54) is 23.3 Å². The third-order valence-electron chi connectivity index (χ3n) is 2.85. The standard InChI is InChI=1S/C13H21N3O4S/c1-8-12(21-10(3)14-8)9(2)15-13(19)16(5-6-20-4)7-11(17)18/h9H,5-7H2,1-4H3,(H,15,19)(H,17,18). The van der Waals surface area contributed by atoms with E-state index in [4.69, 9.17) is 9.84 Å². The Bertz CT molecular complexity index is 504. The highest BCUT2D eigenvalue weighted by molar-refractivity contribution is 7.11. The van der Waals surface area contributed by atoms with Crippen LogP contribution < -0.4 is 5.32 Å². The van der Waals surface area contributed by atoms with Gasteiger partial charge in [0.15, 0.2) is 0 Å². The average Bonchev–Trinajstić information content (AvgIpc) is 2.73. The zero-order valence-electron chi connectivity index (χ0n) is 12.7. The summed E-state index contributed by atoms with van der Waals surface area (Å²) in [4.78, 5) is 29.5. The van der Waals surface area contributed by atoms with Crippen molar-refractivity contribution in [2.75, 3.05) is 26.8 Å². The maximum atomic E-state index is 12.2. The van der Waals surface area contributed by atoms with Crippen LogP contribution in [-0.2, 0) is 9.53 Å². The fourth-order valence-corrected chi connectivity index (χ4v) is 2.84. The van der Waals surface area contributed by atoms with Gasteiger partial charge < -0.3 is 20.1 Å². The molecule has 8 heteroatoms. The first-order chi connectivity index (χ1) is 9.85. The van der Waals surface area contributed by atoms with Crippen molar-refractivity contribution >= 4 is 23.3 Å². The number of carbonyl (C=O) groups excluding carboxylic acids is 1. The summed E-state index contributed by atoms with van der Waals surface area (Å²) in [6, 6.07) is -0.644. The monoisotopic (exact) mass is 315 g/mol. The summed E-state index contributed by atoms with van der Waals surface area (Å²) < 4.78 is 4.89. The van der Waals surface area contributed by atoms with E-state index in [-0.39, 0.29) is 25.7 Å². The fraction of sp³-hybridized carbons (Fsp3) is 0.615. The van der Waals surface area contributed by atoms with Gasteiger partial charge in [0.2, 0.25) is 0 Å². The van der Waals surface area contributed by atoms with Gasteiger partial charge in [-0.1, -0.05) is 0 Å². The summed E-state index contributed by atoms with van der Waals surface area (Å²) >= 11 is 1.52. The Hall–Kier alpha value is -1.67. The number of methoxy groups -OCH3 is 1. The van der Waals surface area contributed by atoms with Crippen LogP contribution in [0.2, 0.25) is 0 Å². The van der Waals surface area contributed by atoms with Crippen LogP contribution in [-0.4, -0.2) is 53.8 Å². The number of aryl methyl sites for hydroxylation is 2. The van der Waals surface area contributed by atoms with Gasteiger partial charge in [0.05, 0.1) is 23.4 Å². The molecule has 1 unspecified atom stereocenters. The molecule has 0 aliphatic rings. The van der Waals surface area contributed by atoms with Gasteiger partial charge in [-0.15, -0.1) is 11.3 Å². The number of hydrogen-bond donors (Lipinski definition) is 2. The Balaban J connectivity index is 2.71. The number of urea groups is 1. The van der Waals surface area contributed by atoms with Crippen molar-refractivity contribution in [2.24, 2.45) is 0 Å². The maximum absolute atomic E-state index is 12.2. The fourth-order valence-electron chi connectivity index (χ4n) is 1.91. The van der Waals surface area contributed by atoms with Crippen molar-refractivity contribution in [2.45, 2.75) is 26.8 Å². The lowest BCUT2D eigenvalue weighted by Gasteiger charge is -2.23. The van der Waals surface area contributed by atoms with Crippen molar-refractivity contribution in [1.82, 2.24) is 15.2 Å². The number of thiazole rings is 1. The molecule has 1 heterocycles. The molecule has 0 bridgehead atoms. The Labute approximate surface area is 127 Å². The summed E-state index contributed by atoms with van der Waals surface area (Å²) in [6.45, 7) is 5.80. The molecular formula is C13H21N3O4S. The Morgan fingerprint density at radius 2 is 2.14 bits per heavy atom. The molecule has 0 aliphatic carbocycles. The average molecular weight is 315 g/mol. The van der Waals surface area contributed by atoms with Crippen LogP contribution in [0.3, 0.4) is 0 Å². The molecule has 0 saturated heterocycles. The first kappa shape index (κ1) is 17.4. The second-order valence-corrected chi connectivity index (χ2v) is 5.90. The van der Waals surface area contributed by atoms with Crippen molar-refractivity contribution < 1.29 is 19.4 Å². The minimum Gasteiger partial charge on any atom is -0.480 e. The highest BCUT2D eigenvalue weighted by Gasteiger charge is 2.21. The van der Waals surface area contributed by atoms with Crippen LogP contribution in [0.5, 0.6) is 0 Å². The van der Waals surface area contributed by atoms with Crippen molar-refractivity contribution in [3.05, 3.63) is 15.6 Å². The van der Waals surface area contributed by atoms with E-state index in [1.54, 1.807) is 0 Å². The molecule has 118 valence electrons. The van der Waals surface area contributed by atoms with Gasteiger partial charge in [-0.2, -0.15) is 0 Å². The van der Waals surface area contributed by atoms with Crippen molar-refractivity contribution in [3.8, 4) is 0 Å². The lowest BCUT2D eigenvalue weighted by Crippen LogP contribution is -2.45. The summed E-state index contributed by atoms with van der Waals surface area (Å²) in [6.07, 6.45) is 0. The Kier molecular flexibility index (Phi) is 6.57. The van der Waals surface area contributed by atoms with Gasteiger partial charge >= 0.3 is 12.0 Å². The van der Waals surface area contributed by atoms with E-state index in [9.17, 15) is 9.59 Å². The lowest BCUT2D eigenvalue weighted by molar-refractivity contribution is -0.137. The van der Waals surface area contributed by atoms with Crippen LogP contribution in [0, 0.1) is 13.8 Å². The van der Waals surface area contributed by atoms with Crippen LogP contribution >= 0.6 is 11.3 Å². The summed E-state index contributed by atoms with van der Waals surface area (Å²) in [5.74, 6) is -1.06. The summed E-state index contributed by atoms with van der Waals surface area (Å²) in [7, 11) is 1.50. The second kappa shape index (κ2) is 7.94. The second-order valence-electron chi connectivity index (χ2n) is 4.66. The minimum absolute atomic E-state index is 0.220. The first-order valence-electron chi connectivity index (χ1n) is 6.55. The summed E-state index contributed by atoms with van der Waals surface area (Å²) in [5, 5.41) is 12.6. The molecule has 1 rings (SSSR count). The van der Waals surface area contributed by atoms with Crippen molar-refractivity contribution in [3.63, 3.8) is 0 Å². The molecule has 1 aromatic rings. The molecule has 0 radical (unpaired) electrons. The van der Waals surface area contributed by atoms with E-state index >= 15 is 0 Å². The predicted molar refractivity (Wildman–Crippen MR) is 79.6 cm³/mol. The predicted octanol–water partition coefficient (Wildman–Crippen LogP) is 1.56. The molecule has 1 atom stereocenters. The molecule has 0 saturated carbocycles. The molecule has 2 N–H and O–H groups in total. The number of amides is 2. The van der Waals surface area contributed by atoms with Gasteiger partial charge in [0.25, 0.3) is 0 Å². The van der Waals surface area contributed by atoms with Crippen LogP contribution in [0.25, 0.3) is 0 Å². The SMILES string of the molecule is COCCN(CC(=O)O)C(=O)NC(C)c1sc(C)nc1C. The number of nitrogens with zero attached hydrogens (tertiary/aromatic N) is 2. The smallest absolute Gasteiger partial charge is 0.323 e. The third kappa shape index (κ3) is 5.31. The summed E-state index contributed by atoms with van der Waals surface area (Å²) in [5.41, 5.74) is 0.881. The van der Waals surface area contributed by atoms with E-state index in [0.29, 0.717) is 0 Å². The van der Waals surface area contributed by atoms with E-state index in [2.05, 4.69) is 10.3 Å². The van der Waals surface area contributed by atoms with Crippen molar-refractivity contribution in [1.29, 1.82) is 0 Å². The Morgan fingerprint density at radius 3 is 2.62 bits per heavy atom. The molecule has 21 heavy (non-hydrogen) atoms. The van der Waals surface area contributed by atoms with Gasteiger partial charge in [-0.3, -0.25) is 4.79 Å². The maximum Gasteiger partial charge on any atom is 0.323 e. The van der Waals surface area contributed by atoms with E-state index in [0.717, 1.165) is 15.6 Å². The Morgan fingerprint density at radius 1 is 1.48 bits per heavy atom. The van der Waals surface area contributed by atoms with Gasteiger partial charge in [-0.25, -0.2) is 9.78 Å². The van der Waals surface area contributed by atoms with Gasteiger partial charge in [0, 0.05) is 18.5 Å². The molecule has 0 spiro atoms. The van der Waals surface area contributed by atoms with Crippen LogP contribution in [0.15, 0.2) is 0 Å². The number of carbonyl (C=O) groups is 2. The quantitative estimate of drug-likeness (QED) is 0.797. The molecule has 1 aromatic heterocycles. The number of carboxylic acid groups (broad SMARTS) is 1. The number of aliphatic carboxylic acids is 1. The third-order valence-corrected chi connectivity index (χ3v) is 4.11. The number of nitrogens with one attached hydrogen (secondary N) is 1. The topological polar surface area (TPSA) is 91.8 Å². The van der Waals surface area contributed by atoms with Crippen LogP contribution in [0.4, 0.5) is 4.79 Å². The molecule has 0 aromatic carbocycles. The number of ether oxygens (including phenoxy) is 1.